The minimum atomic E-state index is -0.428. The second-order valence-electron chi connectivity index (χ2n) is 5.99. The maximum absolute atomic E-state index is 11.3. The highest BCUT2D eigenvalue weighted by Gasteiger charge is 2.13. The van der Waals surface area contributed by atoms with E-state index in [-0.39, 0.29) is 23.1 Å². The molecule has 0 aliphatic carbocycles. The Morgan fingerprint density at radius 2 is 1.83 bits per heavy atom. The molecule has 0 unspecified atom stereocenters. The second-order valence-corrected chi connectivity index (χ2v) is 6.35. The molecule has 9 heteroatoms. The molecule has 0 bridgehead atoms. The van der Waals surface area contributed by atoms with Gasteiger partial charge in [0.2, 0.25) is 17.1 Å². The van der Waals surface area contributed by atoms with Crippen LogP contribution in [0.1, 0.15) is 12.5 Å². The lowest BCUT2D eigenvalue weighted by molar-refractivity contribution is -0.117. The predicted octanol–water partition coefficient (Wildman–Crippen LogP) is 3.31. The molecule has 8 nitrogen and oxygen atoms in total. The summed E-state index contributed by atoms with van der Waals surface area (Å²) < 4.78 is 6.83. The topological polar surface area (TPSA) is 128 Å². The summed E-state index contributed by atoms with van der Waals surface area (Å²) in [5, 5.41) is 29.4. The molecule has 2 aromatic carbocycles. The lowest BCUT2D eigenvalue weighted by atomic mass is 10.0. The van der Waals surface area contributed by atoms with Gasteiger partial charge in [0.05, 0.1) is 0 Å². The fourth-order valence-electron chi connectivity index (χ4n) is 2.59. The summed E-state index contributed by atoms with van der Waals surface area (Å²) in [6, 6.07) is 17.4. The third kappa shape index (κ3) is 4.74. The molecule has 1 heterocycles. The van der Waals surface area contributed by atoms with Gasteiger partial charge in [-0.15, -0.1) is 5.10 Å². The quantitative estimate of drug-likeness (QED) is 0.390. The van der Waals surface area contributed by atoms with Crippen molar-refractivity contribution < 1.29 is 9.53 Å². The highest BCUT2D eigenvalue weighted by molar-refractivity contribution is 6.64. The average Bonchev–Trinajstić information content (AvgIpc) is 2.69. The Bertz CT molecular complexity index is 1160. The van der Waals surface area contributed by atoms with Crippen LogP contribution < -0.4 is 15.5 Å². The van der Waals surface area contributed by atoms with E-state index in [1.54, 1.807) is 18.2 Å². The molecule has 0 fully saturated rings. The Labute approximate surface area is 171 Å². The minimum absolute atomic E-state index is 0.0219. The molecule has 1 amide bonds. The number of carbonyl (C=O) groups excluding carboxylic acids is 1. The van der Waals surface area contributed by atoms with E-state index < -0.39 is 5.29 Å². The van der Waals surface area contributed by atoms with Gasteiger partial charge in [-0.05, 0) is 41.4 Å². The molecular formula is C20H17ClN6O2. The van der Waals surface area contributed by atoms with Crippen molar-refractivity contribution in [3.63, 3.8) is 0 Å². The Kier molecular flexibility index (Phi) is 5.85. The van der Waals surface area contributed by atoms with Gasteiger partial charge < -0.3 is 10.1 Å². The Morgan fingerprint density at radius 1 is 1.10 bits per heavy atom. The first-order valence-electron chi connectivity index (χ1n) is 8.48. The number of nitrogens with zero attached hydrogens (tertiary/aromatic N) is 2. The lowest BCUT2D eigenvalue weighted by Crippen LogP contribution is -2.27. The van der Waals surface area contributed by atoms with E-state index in [9.17, 15) is 4.79 Å². The van der Waals surface area contributed by atoms with Gasteiger partial charge in [0.25, 0.3) is 0 Å². The number of hydrogen-bond acceptors (Lipinski definition) is 6. The number of amidine groups is 1. The summed E-state index contributed by atoms with van der Waals surface area (Å²) in [5.41, 5.74) is 1.98. The summed E-state index contributed by atoms with van der Waals surface area (Å²) in [5.74, 6) is 0.248. The Hall–Kier alpha value is -3.78. The van der Waals surface area contributed by atoms with Crippen LogP contribution in [0.3, 0.4) is 0 Å². The Morgan fingerprint density at radius 3 is 2.48 bits per heavy atom. The van der Waals surface area contributed by atoms with Gasteiger partial charge in [0.1, 0.15) is 17.1 Å². The molecular weight excluding hydrogens is 392 g/mol. The minimum Gasteiger partial charge on any atom is -0.437 e. The summed E-state index contributed by atoms with van der Waals surface area (Å²) in [6.45, 7) is 1.34. The standard InChI is InChI=1S/C20H17ClN6O2/c1-12(28)25-19(23)14-7-8-16(15(11-14)13-5-3-2-4-6-13)29-18-10-9-17(22)27(26-18)20(21)24/h2-11,22,24H,1H3,(H2,23,25,28). The van der Waals surface area contributed by atoms with E-state index in [4.69, 9.17) is 32.6 Å². The van der Waals surface area contributed by atoms with Crippen LogP contribution in [0.5, 0.6) is 11.6 Å². The van der Waals surface area contributed by atoms with Gasteiger partial charge in [-0.1, -0.05) is 30.3 Å². The van der Waals surface area contributed by atoms with Crippen molar-refractivity contribution in [3.8, 4) is 22.8 Å². The molecule has 146 valence electrons. The molecule has 0 saturated heterocycles. The first-order valence-corrected chi connectivity index (χ1v) is 8.86. The van der Waals surface area contributed by atoms with E-state index >= 15 is 0 Å². The fraction of sp³-hybridized carbons (Fsp3) is 0.0500. The number of nitrogens with one attached hydrogen (secondary N) is 4. The van der Waals surface area contributed by atoms with Crippen LogP contribution in [0.2, 0.25) is 0 Å². The summed E-state index contributed by atoms with van der Waals surface area (Å²) >= 11 is 5.66. The summed E-state index contributed by atoms with van der Waals surface area (Å²) in [7, 11) is 0. The highest BCUT2D eigenvalue weighted by Crippen LogP contribution is 2.33. The van der Waals surface area contributed by atoms with Crippen LogP contribution >= 0.6 is 11.6 Å². The zero-order chi connectivity index (χ0) is 21.0. The first-order chi connectivity index (χ1) is 13.8. The molecule has 3 rings (SSSR count). The molecule has 29 heavy (non-hydrogen) atoms. The third-order valence-corrected chi connectivity index (χ3v) is 4.03. The van der Waals surface area contributed by atoms with Gasteiger partial charge in [0, 0.05) is 24.1 Å². The van der Waals surface area contributed by atoms with E-state index in [0.717, 1.165) is 10.2 Å². The van der Waals surface area contributed by atoms with Gasteiger partial charge in [-0.25, -0.2) is 0 Å². The number of ether oxygens (including phenoxy) is 1. The highest BCUT2D eigenvalue weighted by atomic mass is 35.5. The van der Waals surface area contributed by atoms with Gasteiger partial charge in [-0.2, -0.15) is 4.68 Å². The van der Waals surface area contributed by atoms with Crippen molar-refractivity contribution in [1.82, 2.24) is 15.1 Å². The molecule has 0 atom stereocenters. The smallest absolute Gasteiger partial charge is 0.237 e. The maximum Gasteiger partial charge on any atom is 0.237 e. The van der Waals surface area contributed by atoms with Crippen LogP contribution in [0.15, 0.2) is 60.7 Å². The number of benzene rings is 2. The molecule has 1 aromatic heterocycles. The molecule has 0 radical (unpaired) electrons. The van der Waals surface area contributed by atoms with Gasteiger partial charge in [0.15, 0.2) is 0 Å². The van der Waals surface area contributed by atoms with Crippen LogP contribution in [0, 0.1) is 16.2 Å². The van der Waals surface area contributed by atoms with Crippen molar-refractivity contribution in [2.24, 2.45) is 0 Å². The third-order valence-electron chi connectivity index (χ3n) is 3.87. The molecule has 3 aromatic rings. The lowest BCUT2D eigenvalue weighted by Gasteiger charge is -2.14. The number of hydrogen-bond donors (Lipinski definition) is 4. The number of carbonyl (C=O) groups is 1. The van der Waals surface area contributed by atoms with Crippen LogP contribution in [-0.4, -0.2) is 26.8 Å². The van der Waals surface area contributed by atoms with Crippen LogP contribution in [0.4, 0.5) is 0 Å². The molecule has 0 spiro atoms. The van der Waals surface area contributed by atoms with Crippen LogP contribution in [0.25, 0.3) is 11.1 Å². The van der Waals surface area contributed by atoms with E-state index in [0.29, 0.717) is 16.9 Å². The SMILES string of the molecule is CC(=O)NC(=N)c1ccc(Oc2ccc(=N)n(C(=N)Cl)n2)c(-c2ccccc2)c1. The van der Waals surface area contributed by atoms with Crippen molar-refractivity contribution in [2.45, 2.75) is 6.92 Å². The monoisotopic (exact) mass is 408 g/mol. The zero-order valence-electron chi connectivity index (χ0n) is 15.4. The molecule has 0 aliphatic rings. The van der Waals surface area contributed by atoms with Crippen molar-refractivity contribution >= 4 is 28.6 Å². The van der Waals surface area contributed by atoms with E-state index in [1.165, 1.54) is 19.1 Å². The summed E-state index contributed by atoms with van der Waals surface area (Å²) in [4.78, 5) is 11.3. The molecule has 4 N–H and O–H groups in total. The number of aromatic nitrogens is 2. The zero-order valence-corrected chi connectivity index (χ0v) is 16.1. The second kappa shape index (κ2) is 8.49. The average molecular weight is 409 g/mol. The largest absolute Gasteiger partial charge is 0.437 e. The summed E-state index contributed by atoms with van der Waals surface area (Å²) in [6.07, 6.45) is 0. The number of rotatable bonds is 4. The Balaban J connectivity index is 2.05. The van der Waals surface area contributed by atoms with E-state index in [2.05, 4.69) is 10.4 Å². The maximum atomic E-state index is 11.3. The van der Waals surface area contributed by atoms with Crippen LogP contribution in [-0.2, 0) is 4.79 Å². The normalized spacial score (nSPS) is 10.3. The van der Waals surface area contributed by atoms with E-state index in [1.807, 2.05) is 30.3 Å². The van der Waals surface area contributed by atoms with Crippen molar-refractivity contribution in [2.75, 3.05) is 0 Å². The first kappa shape index (κ1) is 20.0. The van der Waals surface area contributed by atoms with Gasteiger partial charge >= 0.3 is 0 Å². The van der Waals surface area contributed by atoms with Crippen molar-refractivity contribution in [1.29, 1.82) is 16.2 Å². The van der Waals surface area contributed by atoms with Gasteiger partial charge in [-0.3, -0.25) is 21.0 Å². The molecule has 0 aliphatic heterocycles. The van der Waals surface area contributed by atoms with Crippen molar-refractivity contribution in [3.05, 3.63) is 71.7 Å². The molecule has 0 saturated carbocycles. The number of amides is 1. The number of halogens is 1. The fourth-order valence-corrected chi connectivity index (χ4v) is 2.72. The predicted molar refractivity (Wildman–Crippen MR) is 110 cm³/mol.